The van der Waals surface area contributed by atoms with E-state index in [2.05, 4.69) is 195 Å². The van der Waals surface area contributed by atoms with Crippen molar-refractivity contribution in [3.05, 3.63) is 159 Å². The van der Waals surface area contributed by atoms with E-state index in [1.807, 2.05) is 0 Å². The van der Waals surface area contributed by atoms with Crippen molar-refractivity contribution in [2.75, 3.05) is 0 Å². The third kappa shape index (κ3) is 4.45. The molecule has 1 aliphatic carbocycles. The molecule has 0 saturated heterocycles. The summed E-state index contributed by atoms with van der Waals surface area (Å²) in [5.41, 5.74) is 29.3. The number of hydrogen-bond donors (Lipinski definition) is 0. The molecule has 1 spiro atoms. The zero-order valence-electron chi connectivity index (χ0n) is 39.8. The lowest BCUT2D eigenvalue weighted by atomic mass is 9.33. The van der Waals surface area contributed by atoms with Gasteiger partial charge in [0.05, 0.1) is 16.4 Å². The van der Waals surface area contributed by atoms with Gasteiger partial charge in [-0.1, -0.05) is 162 Å². The second kappa shape index (κ2) is 12.7. The van der Waals surface area contributed by atoms with Crippen LogP contribution in [0.4, 0.5) is 0 Å². The summed E-state index contributed by atoms with van der Waals surface area (Å²) >= 11 is 0. The van der Waals surface area contributed by atoms with Gasteiger partial charge in [0, 0.05) is 44.0 Å². The minimum Gasteiger partial charge on any atom is -0.310 e. The normalized spacial score (nSPS) is 14.9. The van der Waals surface area contributed by atoms with E-state index < -0.39 is 5.41 Å². The molecule has 0 bridgehead atoms. The molecule has 0 saturated carbocycles. The Labute approximate surface area is 379 Å². The number of hydrogen-bond acceptors (Lipinski definition) is 0. The average Bonchev–Trinajstić information content (AvgIpc) is 3.90. The van der Waals surface area contributed by atoms with Gasteiger partial charge in [-0.25, -0.2) is 0 Å². The maximum atomic E-state index is 2.80. The zero-order chi connectivity index (χ0) is 44.2. The molecule has 2 aromatic heterocycles. The molecule has 0 atom stereocenters. The van der Waals surface area contributed by atoms with Gasteiger partial charge in [-0.3, -0.25) is 0 Å². The molecule has 0 radical (unpaired) electrons. The van der Waals surface area contributed by atoms with E-state index in [0.717, 1.165) is 0 Å². The van der Waals surface area contributed by atoms with E-state index in [-0.39, 0.29) is 6.71 Å². The van der Waals surface area contributed by atoms with Crippen LogP contribution in [0.5, 0.6) is 0 Å². The van der Waals surface area contributed by atoms with E-state index in [9.17, 15) is 0 Å². The molecule has 9 aromatic rings. The third-order valence-corrected chi connectivity index (χ3v) is 16.5. The Hall–Kier alpha value is -5.80. The average molecular weight is 831 g/mol. The first kappa shape index (κ1) is 38.6. The van der Waals surface area contributed by atoms with Gasteiger partial charge >= 0.3 is 0 Å². The van der Waals surface area contributed by atoms with Crippen molar-refractivity contribution in [2.24, 2.45) is 0 Å². The Kier molecular flexibility index (Phi) is 7.68. The number of fused-ring (bicyclic) bond motifs is 14. The van der Waals surface area contributed by atoms with E-state index >= 15 is 0 Å². The first-order valence-electron chi connectivity index (χ1n) is 24.5. The standard InChI is InChI=1S/C61H59BN2/c1-30(2)36-16-18-42-43-19-17-37(31(3)4)27-48(43)61(47(42)26-36)46-21-23-53-56-59(46)64-57-44(24-38(32(5)6)28-49(57)61)45-25-39(33(7)8)29-51(58(45)64)62(56)50-22-20-41(35(11)12)55-54-40(34(9)10)14-13-15-52(54)63(53)60(50)55/h13-35H,1-12H3. The van der Waals surface area contributed by atoms with Crippen LogP contribution in [0.3, 0.4) is 0 Å². The largest absolute Gasteiger partial charge is 0.310 e. The predicted molar refractivity (Wildman–Crippen MR) is 275 cm³/mol. The number of benzene rings is 7. The van der Waals surface area contributed by atoms with Gasteiger partial charge in [0.25, 0.3) is 6.71 Å². The summed E-state index contributed by atoms with van der Waals surface area (Å²) in [6, 6.07) is 42.8. The summed E-state index contributed by atoms with van der Waals surface area (Å²) < 4.78 is 5.51. The highest BCUT2D eigenvalue weighted by atomic mass is 15.1. The molecule has 5 heterocycles. The molecule has 4 aliphatic rings. The smallest absolute Gasteiger partial charge is 0.252 e. The monoisotopic (exact) mass is 830 g/mol. The van der Waals surface area contributed by atoms with Gasteiger partial charge in [0.15, 0.2) is 0 Å². The molecular formula is C61H59BN2. The van der Waals surface area contributed by atoms with Crippen LogP contribution in [-0.2, 0) is 5.41 Å². The molecule has 316 valence electrons. The van der Waals surface area contributed by atoms with E-state index in [0.29, 0.717) is 35.5 Å². The second-order valence-electron chi connectivity index (χ2n) is 22.0. The maximum absolute atomic E-state index is 2.80. The molecule has 0 fully saturated rings. The molecular weight excluding hydrogens is 771 g/mol. The van der Waals surface area contributed by atoms with E-state index in [1.54, 1.807) is 0 Å². The number of nitrogens with zero attached hydrogens (tertiary/aromatic N) is 2. The Morgan fingerprint density at radius 1 is 0.422 bits per heavy atom. The quantitative estimate of drug-likeness (QED) is 0.148. The van der Waals surface area contributed by atoms with Crippen LogP contribution in [0.25, 0.3) is 66.1 Å². The second-order valence-corrected chi connectivity index (χ2v) is 22.0. The summed E-state index contributed by atoms with van der Waals surface area (Å²) in [4.78, 5) is 0. The Morgan fingerprint density at radius 3 is 1.61 bits per heavy atom. The predicted octanol–water partition coefficient (Wildman–Crippen LogP) is 14.4. The Bertz CT molecular complexity index is 3520. The van der Waals surface area contributed by atoms with Gasteiger partial charge in [-0.05, 0) is 143 Å². The zero-order valence-corrected chi connectivity index (χ0v) is 39.8. The molecule has 3 aliphatic heterocycles. The molecule has 64 heavy (non-hydrogen) atoms. The molecule has 13 rings (SSSR count). The lowest BCUT2D eigenvalue weighted by molar-refractivity contribution is 0.735. The van der Waals surface area contributed by atoms with Crippen LogP contribution in [0.15, 0.2) is 103 Å². The fourth-order valence-electron chi connectivity index (χ4n) is 13.4. The molecule has 0 amide bonds. The van der Waals surface area contributed by atoms with E-state index in [1.165, 1.54) is 138 Å². The van der Waals surface area contributed by atoms with Crippen molar-refractivity contribution < 1.29 is 0 Å². The number of rotatable bonds is 6. The van der Waals surface area contributed by atoms with Gasteiger partial charge in [0.2, 0.25) is 0 Å². The summed E-state index contributed by atoms with van der Waals surface area (Å²) in [6.45, 7) is 28.6. The minimum atomic E-state index is -0.512. The summed E-state index contributed by atoms with van der Waals surface area (Å²) in [7, 11) is 0. The van der Waals surface area contributed by atoms with Crippen molar-refractivity contribution in [3.8, 4) is 22.5 Å². The SMILES string of the molecule is CC(C)c1ccc2c(c1)C1(c3cc(C(C)C)ccc3-2)c2ccc3c4c2-n2c5c(cc(C(C)C)cc5c5cc(C(C)C)cc1c52)B4c1ccc(C(C)C)c2c4c(C(C)C)cccc4n-3c12. The number of aromatic nitrogens is 2. The lowest BCUT2D eigenvalue weighted by Gasteiger charge is -2.44. The van der Waals surface area contributed by atoms with Crippen LogP contribution in [0.2, 0.25) is 0 Å². The molecule has 2 nitrogen and oxygen atoms in total. The van der Waals surface area contributed by atoms with Gasteiger partial charge < -0.3 is 9.13 Å². The van der Waals surface area contributed by atoms with Crippen LogP contribution in [0.1, 0.15) is 174 Å². The lowest BCUT2D eigenvalue weighted by Crippen LogP contribution is -2.60. The fraction of sp³-hybridized carbons (Fsp3) is 0.311. The van der Waals surface area contributed by atoms with Crippen LogP contribution in [-0.4, -0.2) is 15.8 Å². The Balaban J connectivity index is 1.31. The van der Waals surface area contributed by atoms with Crippen LogP contribution >= 0.6 is 0 Å². The molecule has 0 unspecified atom stereocenters. The first-order valence-corrected chi connectivity index (χ1v) is 24.5. The van der Waals surface area contributed by atoms with Crippen molar-refractivity contribution >= 4 is 66.7 Å². The minimum absolute atomic E-state index is 0.0819. The highest BCUT2D eigenvalue weighted by molar-refractivity contribution is 7.00. The third-order valence-electron chi connectivity index (χ3n) is 16.5. The maximum Gasteiger partial charge on any atom is 0.252 e. The van der Waals surface area contributed by atoms with Crippen molar-refractivity contribution in [2.45, 2.75) is 124 Å². The fourth-order valence-corrected chi connectivity index (χ4v) is 13.4. The van der Waals surface area contributed by atoms with Crippen LogP contribution < -0.4 is 16.4 Å². The summed E-state index contributed by atoms with van der Waals surface area (Å²) in [5, 5.41) is 5.71. The van der Waals surface area contributed by atoms with Gasteiger partial charge in [-0.2, -0.15) is 0 Å². The topological polar surface area (TPSA) is 9.86 Å². The molecule has 3 heteroatoms. The summed E-state index contributed by atoms with van der Waals surface area (Å²) in [6.07, 6.45) is 0. The van der Waals surface area contributed by atoms with Gasteiger partial charge in [-0.15, -0.1) is 0 Å². The van der Waals surface area contributed by atoms with Gasteiger partial charge in [0.1, 0.15) is 0 Å². The van der Waals surface area contributed by atoms with Crippen LogP contribution in [0, 0.1) is 0 Å². The summed E-state index contributed by atoms with van der Waals surface area (Å²) in [5.74, 6) is 2.37. The first-order chi connectivity index (χ1) is 30.7. The van der Waals surface area contributed by atoms with Crippen molar-refractivity contribution in [1.82, 2.24) is 9.13 Å². The highest BCUT2D eigenvalue weighted by Gasteiger charge is 2.55. The molecule has 7 aromatic carbocycles. The van der Waals surface area contributed by atoms with Crippen molar-refractivity contribution in [3.63, 3.8) is 0 Å². The Morgan fingerprint density at radius 2 is 1.00 bits per heavy atom. The highest BCUT2D eigenvalue weighted by Crippen LogP contribution is 2.63. The van der Waals surface area contributed by atoms with E-state index in [4.69, 9.17) is 0 Å². The molecule has 0 N–H and O–H groups in total. The van der Waals surface area contributed by atoms with Crippen molar-refractivity contribution in [1.29, 1.82) is 0 Å².